The molecule has 0 fully saturated rings. The molecular weight excluding hydrogens is 326 g/mol. The van der Waals surface area contributed by atoms with Gasteiger partial charge in [-0.15, -0.1) is 0 Å². The minimum Gasteiger partial charge on any atom is -0.372 e. The maximum absolute atomic E-state index is 12.8. The molecule has 0 N–H and O–H groups in total. The number of halogens is 1. The zero-order chi connectivity index (χ0) is 17.3. The van der Waals surface area contributed by atoms with Crippen LogP contribution in [0.2, 0.25) is 5.22 Å². The van der Waals surface area contributed by atoms with Crippen LogP contribution in [0.1, 0.15) is 30.2 Å². The zero-order valence-electron chi connectivity index (χ0n) is 14.3. The van der Waals surface area contributed by atoms with Gasteiger partial charge < -0.3 is 14.3 Å². The Bertz CT molecular complexity index is 724. The minimum absolute atomic E-state index is 0.129. The molecule has 0 aliphatic carbocycles. The molecule has 6 heteroatoms. The number of rotatable bonds is 3. The second-order valence-electron chi connectivity index (χ2n) is 6.40. The number of amides is 1. The van der Waals surface area contributed by atoms with Crippen molar-refractivity contribution in [3.8, 4) is 0 Å². The van der Waals surface area contributed by atoms with E-state index in [4.69, 9.17) is 16.1 Å². The lowest BCUT2D eigenvalue weighted by Gasteiger charge is -2.28. The van der Waals surface area contributed by atoms with E-state index >= 15 is 0 Å². The summed E-state index contributed by atoms with van der Waals surface area (Å²) >= 11 is 5.99. The number of carbonyl (C=O) groups excluding carboxylic acids is 1. The predicted molar refractivity (Wildman–Crippen MR) is 94.3 cm³/mol. The molecule has 1 aromatic heterocycles. The van der Waals surface area contributed by atoms with Gasteiger partial charge in [0.1, 0.15) is 0 Å². The van der Waals surface area contributed by atoms with Gasteiger partial charge in [-0.25, -0.2) is 0 Å². The lowest BCUT2D eigenvalue weighted by atomic mass is 10.1. The van der Waals surface area contributed by atoms with E-state index < -0.39 is 0 Å². The maximum Gasteiger partial charge on any atom is 0.229 e. The van der Waals surface area contributed by atoms with Gasteiger partial charge in [-0.3, -0.25) is 4.79 Å². The Balaban J connectivity index is 1.74. The third-order valence-electron chi connectivity index (χ3n) is 4.66. The average Bonchev–Trinajstić information content (AvgIpc) is 2.81. The molecule has 0 bridgehead atoms. The number of carbonyl (C=O) groups is 1. The fourth-order valence-electron chi connectivity index (χ4n) is 3.30. The number of anilines is 1. The van der Waals surface area contributed by atoms with Gasteiger partial charge in [0.05, 0.1) is 5.69 Å². The first kappa shape index (κ1) is 16.8. The van der Waals surface area contributed by atoms with Crippen LogP contribution in [0, 0.1) is 6.92 Å². The van der Waals surface area contributed by atoms with Crippen LogP contribution >= 0.6 is 11.6 Å². The van der Waals surface area contributed by atoms with E-state index in [1.807, 2.05) is 24.0 Å². The van der Waals surface area contributed by atoms with Crippen LogP contribution in [0.15, 0.2) is 28.8 Å². The van der Waals surface area contributed by atoms with Gasteiger partial charge in [0.25, 0.3) is 0 Å². The number of para-hydroxylation sites is 1. The highest BCUT2D eigenvalue weighted by Crippen LogP contribution is 2.27. The molecule has 0 unspecified atom stereocenters. The molecule has 1 aromatic carbocycles. The normalized spacial score (nSPS) is 17.6. The summed E-state index contributed by atoms with van der Waals surface area (Å²) in [5.74, 6) is 0.129. The summed E-state index contributed by atoms with van der Waals surface area (Å²) in [6, 6.07) is 8.40. The summed E-state index contributed by atoms with van der Waals surface area (Å²) in [5.41, 5.74) is 3.95. The third-order valence-corrected chi connectivity index (χ3v) is 4.96. The van der Waals surface area contributed by atoms with Crippen LogP contribution in [0.25, 0.3) is 0 Å². The Labute approximate surface area is 147 Å². The summed E-state index contributed by atoms with van der Waals surface area (Å²) in [5, 5.41) is 4.12. The highest BCUT2D eigenvalue weighted by atomic mass is 35.5. The molecular formula is C18H22ClN3O2. The maximum atomic E-state index is 12.8. The molecule has 0 saturated carbocycles. The summed E-state index contributed by atoms with van der Waals surface area (Å²) < 4.78 is 4.96. The van der Waals surface area contributed by atoms with Crippen LogP contribution in [-0.2, 0) is 17.8 Å². The van der Waals surface area contributed by atoms with Crippen molar-refractivity contribution in [2.24, 2.45) is 0 Å². The van der Waals surface area contributed by atoms with Gasteiger partial charge in [-0.05, 0) is 43.5 Å². The van der Waals surface area contributed by atoms with Gasteiger partial charge in [-0.1, -0.05) is 23.4 Å². The molecule has 2 aromatic rings. The fourth-order valence-corrected chi connectivity index (χ4v) is 3.56. The number of likely N-dealkylation sites (N-methyl/N-ethyl adjacent to an activating group) is 1. The highest BCUT2D eigenvalue weighted by molar-refractivity contribution is 6.29. The molecule has 0 radical (unpaired) electrons. The molecule has 1 atom stereocenters. The second-order valence-corrected chi connectivity index (χ2v) is 6.74. The first-order valence-corrected chi connectivity index (χ1v) is 8.54. The monoisotopic (exact) mass is 347 g/mol. The van der Waals surface area contributed by atoms with E-state index in [0.717, 1.165) is 17.8 Å². The highest BCUT2D eigenvalue weighted by Gasteiger charge is 2.27. The first-order valence-electron chi connectivity index (χ1n) is 8.16. The molecule has 24 heavy (non-hydrogen) atoms. The van der Waals surface area contributed by atoms with E-state index in [1.54, 1.807) is 0 Å². The smallest absolute Gasteiger partial charge is 0.229 e. The number of nitrogens with zero attached hydrogens (tertiary/aromatic N) is 3. The Kier molecular flexibility index (Phi) is 4.81. The molecule has 1 aliphatic heterocycles. The molecule has 2 heterocycles. The summed E-state index contributed by atoms with van der Waals surface area (Å²) in [7, 11) is 2.07. The molecule has 0 spiro atoms. The van der Waals surface area contributed by atoms with Gasteiger partial charge in [-0.2, -0.15) is 0 Å². The Morgan fingerprint density at radius 1 is 1.42 bits per heavy atom. The minimum atomic E-state index is 0.129. The van der Waals surface area contributed by atoms with Gasteiger partial charge in [0.2, 0.25) is 11.1 Å². The topological polar surface area (TPSA) is 49.6 Å². The molecule has 0 saturated heterocycles. The summed E-state index contributed by atoms with van der Waals surface area (Å²) in [6.45, 7) is 5.39. The van der Waals surface area contributed by atoms with E-state index in [0.29, 0.717) is 19.4 Å². The molecule has 1 amide bonds. The van der Waals surface area contributed by atoms with Gasteiger partial charge in [0, 0.05) is 43.9 Å². The van der Waals surface area contributed by atoms with Crippen molar-refractivity contribution in [1.82, 2.24) is 10.1 Å². The SMILES string of the molecule is Cc1noc(Cl)c1CCC(=O)N1Cc2ccccc2N(C)C[C@@H]1C. The van der Waals surface area contributed by atoms with E-state index in [2.05, 4.69) is 36.2 Å². The Hall–Kier alpha value is -2.01. The summed E-state index contributed by atoms with van der Waals surface area (Å²) in [6.07, 6.45) is 0.950. The Morgan fingerprint density at radius 2 is 2.17 bits per heavy atom. The lowest BCUT2D eigenvalue weighted by molar-refractivity contribution is -0.133. The average molecular weight is 348 g/mol. The Morgan fingerprint density at radius 3 is 2.88 bits per heavy atom. The third kappa shape index (κ3) is 3.26. The quantitative estimate of drug-likeness (QED) is 0.853. The lowest BCUT2D eigenvalue weighted by Crippen LogP contribution is -2.42. The van der Waals surface area contributed by atoms with Crippen molar-refractivity contribution in [1.29, 1.82) is 0 Å². The van der Waals surface area contributed by atoms with E-state index in [1.165, 1.54) is 11.3 Å². The molecule has 5 nitrogen and oxygen atoms in total. The molecule has 1 aliphatic rings. The molecule has 128 valence electrons. The van der Waals surface area contributed by atoms with Crippen LogP contribution in [0.3, 0.4) is 0 Å². The van der Waals surface area contributed by atoms with Crippen LogP contribution in [-0.4, -0.2) is 35.6 Å². The fraction of sp³-hybridized carbons (Fsp3) is 0.444. The van der Waals surface area contributed by atoms with Crippen molar-refractivity contribution in [3.63, 3.8) is 0 Å². The van der Waals surface area contributed by atoms with Crippen molar-refractivity contribution >= 4 is 23.2 Å². The van der Waals surface area contributed by atoms with Crippen molar-refractivity contribution < 1.29 is 9.32 Å². The zero-order valence-corrected chi connectivity index (χ0v) is 15.0. The number of fused-ring (bicyclic) bond motifs is 1. The van der Waals surface area contributed by atoms with Crippen LogP contribution in [0.4, 0.5) is 5.69 Å². The van der Waals surface area contributed by atoms with Crippen LogP contribution < -0.4 is 4.90 Å². The number of hydrogen-bond acceptors (Lipinski definition) is 4. The number of aryl methyl sites for hydroxylation is 1. The van der Waals surface area contributed by atoms with Crippen molar-refractivity contribution in [2.75, 3.05) is 18.5 Å². The summed E-state index contributed by atoms with van der Waals surface area (Å²) in [4.78, 5) is 17.0. The largest absolute Gasteiger partial charge is 0.372 e. The standard InChI is InChI=1S/C18H22ClN3O2/c1-12-10-21(3)16-7-5-4-6-14(16)11-22(12)17(23)9-8-15-13(2)20-24-18(15)19/h4-7,12H,8-11H2,1-3H3/t12-/m0/s1. The van der Waals surface area contributed by atoms with E-state index in [-0.39, 0.29) is 17.2 Å². The predicted octanol–water partition coefficient (Wildman–Crippen LogP) is 3.44. The van der Waals surface area contributed by atoms with Gasteiger partial charge in [0.15, 0.2) is 0 Å². The molecule has 3 rings (SSSR count). The second kappa shape index (κ2) is 6.85. The van der Waals surface area contributed by atoms with Gasteiger partial charge >= 0.3 is 0 Å². The number of hydrogen-bond donors (Lipinski definition) is 0. The van der Waals surface area contributed by atoms with Crippen molar-refractivity contribution in [2.45, 2.75) is 39.3 Å². The number of aromatic nitrogens is 1. The number of benzene rings is 1. The van der Waals surface area contributed by atoms with Crippen molar-refractivity contribution in [3.05, 3.63) is 46.3 Å². The first-order chi connectivity index (χ1) is 11.5. The van der Waals surface area contributed by atoms with Crippen LogP contribution in [0.5, 0.6) is 0 Å². The van der Waals surface area contributed by atoms with E-state index in [9.17, 15) is 4.79 Å².